The summed E-state index contributed by atoms with van der Waals surface area (Å²) in [6, 6.07) is 4.52. The fraction of sp³-hybridized carbons (Fsp3) is 0.167. The number of hydrogen-bond acceptors (Lipinski definition) is 1. The molecule has 1 aliphatic carbocycles. The summed E-state index contributed by atoms with van der Waals surface area (Å²) >= 11 is 6.10. The zero-order valence-electron chi connectivity index (χ0n) is 7.89. The van der Waals surface area contributed by atoms with Crippen molar-refractivity contribution in [2.24, 2.45) is 0 Å². The maximum absolute atomic E-state index is 13.1. The van der Waals surface area contributed by atoms with Gasteiger partial charge in [-0.25, -0.2) is 4.39 Å². The maximum atomic E-state index is 13.1. The molecule has 15 heavy (non-hydrogen) atoms. The molecular weight excluding hydrogens is 215 g/mol. The number of halogens is 2. The van der Waals surface area contributed by atoms with E-state index in [0.717, 1.165) is 29.6 Å². The molecule has 0 bridgehead atoms. The van der Waals surface area contributed by atoms with Crippen molar-refractivity contribution >= 4 is 27.6 Å². The minimum absolute atomic E-state index is 0.263. The number of benzene rings is 1. The average molecular weight is 223 g/mol. The van der Waals surface area contributed by atoms with Gasteiger partial charge in [0, 0.05) is 22.4 Å². The lowest BCUT2D eigenvalue weighted by molar-refractivity contribution is 0.545. The third kappa shape index (κ3) is 1.29. The molecule has 1 aromatic carbocycles. The molecule has 1 aromatic heterocycles. The van der Waals surface area contributed by atoms with E-state index in [2.05, 4.69) is 0 Å². The summed E-state index contributed by atoms with van der Waals surface area (Å²) in [6.45, 7) is 0. The van der Waals surface area contributed by atoms with E-state index >= 15 is 0 Å². The molecule has 76 valence electrons. The van der Waals surface area contributed by atoms with E-state index in [1.165, 1.54) is 12.1 Å². The van der Waals surface area contributed by atoms with Gasteiger partial charge in [-0.3, -0.25) is 0 Å². The van der Waals surface area contributed by atoms with Gasteiger partial charge in [-0.05, 0) is 24.6 Å². The Morgan fingerprint density at radius 3 is 3.07 bits per heavy atom. The highest BCUT2D eigenvalue weighted by Crippen LogP contribution is 2.37. The molecule has 3 heteroatoms. The van der Waals surface area contributed by atoms with Crippen LogP contribution in [0.25, 0.3) is 16.0 Å². The molecule has 0 fully saturated rings. The van der Waals surface area contributed by atoms with Crippen LogP contribution in [0, 0.1) is 5.82 Å². The van der Waals surface area contributed by atoms with Crippen LogP contribution in [0.15, 0.2) is 28.7 Å². The molecule has 1 nitrogen and oxygen atoms in total. The first-order chi connectivity index (χ1) is 7.25. The normalized spacial score (nSPS) is 15.2. The van der Waals surface area contributed by atoms with E-state index in [1.54, 1.807) is 6.07 Å². The number of fused-ring (bicyclic) bond motifs is 3. The molecule has 0 atom stereocenters. The van der Waals surface area contributed by atoms with Crippen LogP contribution in [0.5, 0.6) is 0 Å². The number of hydrogen-bond donors (Lipinski definition) is 0. The topological polar surface area (TPSA) is 13.1 Å². The Morgan fingerprint density at radius 2 is 2.20 bits per heavy atom. The van der Waals surface area contributed by atoms with Crippen LogP contribution < -0.4 is 0 Å². The van der Waals surface area contributed by atoms with Gasteiger partial charge in [0.15, 0.2) is 0 Å². The molecule has 0 amide bonds. The number of allylic oxidation sites excluding steroid dienone is 1. The van der Waals surface area contributed by atoms with E-state index in [1.807, 2.05) is 6.08 Å². The molecule has 3 rings (SSSR count). The highest BCUT2D eigenvalue weighted by atomic mass is 35.5. The van der Waals surface area contributed by atoms with Gasteiger partial charge >= 0.3 is 0 Å². The molecule has 0 saturated carbocycles. The standard InChI is InChI=1S/C12H8ClFO/c13-9-2-1-3-11-12(9)8-6-7(14)4-5-10(8)15-11/h2,4-6H,1,3H2. The van der Waals surface area contributed by atoms with Gasteiger partial charge in [-0.1, -0.05) is 17.7 Å². The van der Waals surface area contributed by atoms with E-state index in [0.29, 0.717) is 10.6 Å². The van der Waals surface area contributed by atoms with Gasteiger partial charge in [0.1, 0.15) is 17.2 Å². The lowest BCUT2D eigenvalue weighted by Crippen LogP contribution is -1.92. The summed E-state index contributed by atoms with van der Waals surface area (Å²) < 4.78 is 18.7. The van der Waals surface area contributed by atoms with Crippen molar-refractivity contribution in [3.05, 3.63) is 41.4 Å². The van der Waals surface area contributed by atoms with Crippen molar-refractivity contribution in [1.82, 2.24) is 0 Å². The molecule has 0 aliphatic heterocycles. The van der Waals surface area contributed by atoms with Crippen LogP contribution in [-0.2, 0) is 6.42 Å². The third-order valence-electron chi connectivity index (χ3n) is 2.66. The van der Waals surface area contributed by atoms with Crippen molar-refractivity contribution < 1.29 is 8.81 Å². The quantitative estimate of drug-likeness (QED) is 0.654. The van der Waals surface area contributed by atoms with Gasteiger partial charge in [0.25, 0.3) is 0 Å². The molecule has 0 saturated heterocycles. The SMILES string of the molecule is Fc1ccc2oc3c(c2c1)C(Cl)=CCC3. The summed E-state index contributed by atoms with van der Waals surface area (Å²) in [5, 5.41) is 1.44. The Kier molecular flexibility index (Phi) is 1.86. The summed E-state index contributed by atoms with van der Waals surface area (Å²) in [6.07, 6.45) is 3.67. The van der Waals surface area contributed by atoms with Crippen molar-refractivity contribution in [2.45, 2.75) is 12.8 Å². The Balaban J connectivity index is 2.40. The molecule has 0 unspecified atom stereocenters. The van der Waals surface area contributed by atoms with Gasteiger partial charge < -0.3 is 4.42 Å². The van der Waals surface area contributed by atoms with Crippen molar-refractivity contribution in [3.63, 3.8) is 0 Å². The van der Waals surface area contributed by atoms with E-state index < -0.39 is 0 Å². The third-order valence-corrected chi connectivity index (χ3v) is 3.00. The summed E-state index contributed by atoms with van der Waals surface area (Å²) in [7, 11) is 0. The number of rotatable bonds is 0. The Labute approximate surface area is 91.1 Å². The van der Waals surface area contributed by atoms with Gasteiger partial charge in [0.05, 0.1) is 0 Å². The molecule has 2 aromatic rings. The second-order valence-corrected chi connectivity index (χ2v) is 4.04. The molecule has 1 aliphatic rings. The zero-order valence-corrected chi connectivity index (χ0v) is 8.64. The van der Waals surface area contributed by atoms with Crippen LogP contribution >= 0.6 is 11.6 Å². The Bertz CT molecular complexity index is 568. The van der Waals surface area contributed by atoms with E-state index in [4.69, 9.17) is 16.0 Å². The predicted octanol–water partition coefficient (Wildman–Crippen LogP) is 4.10. The Morgan fingerprint density at radius 1 is 1.33 bits per heavy atom. The zero-order chi connectivity index (χ0) is 10.4. The van der Waals surface area contributed by atoms with Crippen LogP contribution in [0.1, 0.15) is 17.7 Å². The first-order valence-corrected chi connectivity index (χ1v) is 5.20. The fourth-order valence-electron chi connectivity index (χ4n) is 1.99. The van der Waals surface area contributed by atoms with E-state index in [-0.39, 0.29) is 5.82 Å². The van der Waals surface area contributed by atoms with Gasteiger partial charge in [-0.15, -0.1) is 0 Å². The fourth-order valence-corrected chi connectivity index (χ4v) is 2.31. The molecular formula is C12H8ClFO. The molecule has 0 spiro atoms. The van der Waals surface area contributed by atoms with Crippen molar-refractivity contribution in [3.8, 4) is 0 Å². The Hall–Kier alpha value is -1.28. The highest BCUT2D eigenvalue weighted by molar-refractivity contribution is 6.50. The second-order valence-electron chi connectivity index (χ2n) is 3.63. The van der Waals surface area contributed by atoms with Gasteiger partial charge in [-0.2, -0.15) is 0 Å². The minimum Gasteiger partial charge on any atom is -0.460 e. The first kappa shape index (κ1) is 8.98. The van der Waals surface area contributed by atoms with Crippen molar-refractivity contribution in [1.29, 1.82) is 0 Å². The number of furan rings is 1. The first-order valence-electron chi connectivity index (χ1n) is 4.82. The maximum Gasteiger partial charge on any atom is 0.135 e. The summed E-state index contributed by atoms with van der Waals surface area (Å²) in [5.74, 6) is 0.601. The minimum atomic E-state index is -0.263. The molecule has 0 N–H and O–H groups in total. The van der Waals surface area contributed by atoms with Crippen LogP contribution in [0.4, 0.5) is 4.39 Å². The smallest absolute Gasteiger partial charge is 0.135 e. The summed E-state index contributed by atoms with van der Waals surface area (Å²) in [5.41, 5.74) is 1.56. The van der Waals surface area contributed by atoms with Crippen LogP contribution in [0.2, 0.25) is 0 Å². The van der Waals surface area contributed by atoms with Gasteiger partial charge in [0.2, 0.25) is 0 Å². The number of aryl methyl sites for hydroxylation is 1. The summed E-state index contributed by atoms with van der Waals surface area (Å²) in [4.78, 5) is 0. The average Bonchev–Trinajstić information content (AvgIpc) is 2.57. The predicted molar refractivity (Wildman–Crippen MR) is 58.3 cm³/mol. The lowest BCUT2D eigenvalue weighted by Gasteiger charge is -2.06. The largest absolute Gasteiger partial charge is 0.460 e. The monoisotopic (exact) mass is 222 g/mol. The molecule has 0 radical (unpaired) electrons. The van der Waals surface area contributed by atoms with Crippen molar-refractivity contribution in [2.75, 3.05) is 0 Å². The second kappa shape index (κ2) is 3.11. The molecule has 1 heterocycles. The van der Waals surface area contributed by atoms with Crippen LogP contribution in [-0.4, -0.2) is 0 Å². The van der Waals surface area contributed by atoms with Crippen LogP contribution in [0.3, 0.4) is 0 Å². The highest BCUT2D eigenvalue weighted by Gasteiger charge is 2.19. The van der Waals surface area contributed by atoms with E-state index in [9.17, 15) is 4.39 Å². The lowest BCUT2D eigenvalue weighted by atomic mass is 10.0.